The fourth-order valence-corrected chi connectivity index (χ4v) is 2.45. The Morgan fingerprint density at radius 3 is 2.38 bits per heavy atom. The van der Waals surface area contributed by atoms with E-state index in [0.29, 0.717) is 24.3 Å². The number of carbonyl (C=O) groups excluding carboxylic acids is 1. The molecule has 0 fully saturated rings. The van der Waals surface area contributed by atoms with E-state index in [1.807, 2.05) is 60.7 Å². The summed E-state index contributed by atoms with van der Waals surface area (Å²) in [5, 5.41) is 11.8. The highest BCUT2D eigenvalue weighted by Gasteiger charge is 2.06. The highest BCUT2D eigenvalue weighted by Crippen LogP contribution is 2.12. The first-order chi connectivity index (χ1) is 12.7. The third-order valence-electron chi connectivity index (χ3n) is 3.88. The quantitative estimate of drug-likeness (QED) is 0.734. The van der Waals surface area contributed by atoms with Crippen LogP contribution in [0.25, 0.3) is 0 Å². The molecule has 0 spiro atoms. The molecule has 3 rings (SSSR count). The molecule has 0 aliphatic rings. The molecule has 0 saturated carbocycles. The number of rotatable bonds is 6. The summed E-state index contributed by atoms with van der Waals surface area (Å²) >= 11 is 0. The molecular formula is C22H18N2O2. The molecule has 0 atom stereocenters. The molecule has 3 aromatic carbocycles. The van der Waals surface area contributed by atoms with Crippen LogP contribution in [0.15, 0.2) is 78.9 Å². The molecule has 0 aromatic heterocycles. The first kappa shape index (κ1) is 17.2. The van der Waals surface area contributed by atoms with Crippen LogP contribution in [-0.4, -0.2) is 5.91 Å². The van der Waals surface area contributed by atoms with Gasteiger partial charge in [0.1, 0.15) is 12.4 Å². The van der Waals surface area contributed by atoms with Crippen LogP contribution in [0, 0.1) is 11.3 Å². The van der Waals surface area contributed by atoms with Crippen molar-refractivity contribution in [2.24, 2.45) is 0 Å². The maximum Gasteiger partial charge on any atom is 0.251 e. The van der Waals surface area contributed by atoms with E-state index in [1.165, 1.54) is 0 Å². The van der Waals surface area contributed by atoms with E-state index >= 15 is 0 Å². The van der Waals surface area contributed by atoms with E-state index in [2.05, 4.69) is 5.32 Å². The number of ether oxygens (including phenoxy) is 1. The van der Waals surface area contributed by atoms with Gasteiger partial charge in [0.25, 0.3) is 5.91 Å². The zero-order chi connectivity index (χ0) is 18.2. The van der Waals surface area contributed by atoms with Crippen LogP contribution in [0.4, 0.5) is 0 Å². The van der Waals surface area contributed by atoms with Crippen LogP contribution >= 0.6 is 0 Å². The highest BCUT2D eigenvalue weighted by molar-refractivity contribution is 5.94. The van der Waals surface area contributed by atoms with Crippen molar-refractivity contribution in [1.29, 1.82) is 5.26 Å². The third kappa shape index (κ3) is 4.71. The first-order valence-corrected chi connectivity index (χ1v) is 8.28. The minimum absolute atomic E-state index is 0.196. The van der Waals surface area contributed by atoms with Crippen LogP contribution in [0.2, 0.25) is 0 Å². The lowest BCUT2D eigenvalue weighted by Crippen LogP contribution is -2.22. The van der Waals surface area contributed by atoms with Gasteiger partial charge in [-0.3, -0.25) is 4.79 Å². The number of hydrogen-bond donors (Lipinski definition) is 1. The molecule has 0 heterocycles. The first-order valence-electron chi connectivity index (χ1n) is 8.28. The molecule has 0 bridgehead atoms. The number of nitrogens with one attached hydrogen (secondary N) is 1. The van der Waals surface area contributed by atoms with Gasteiger partial charge in [-0.25, -0.2) is 0 Å². The van der Waals surface area contributed by atoms with Gasteiger partial charge in [0.15, 0.2) is 0 Å². The van der Waals surface area contributed by atoms with E-state index in [4.69, 9.17) is 10.00 Å². The van der Waals surface area contributed by atoms with Crippen molar-refractivity contribution in [3.05, 3.63) is 101 Å². The summed E-state index contributed by atoms with van der Waals surface area (Å²) in [7, 11) is 0. The molecule has 26 heavy (non-hydrogen) atoms. The highest BCUT2D eigenvalue weighted by atomic mass is 16.5. The van der Waals surface area contributed by atoms with Crippen molar-refractivity contribution in [2.45, 2.75) is 13.2 Å². The predicted molar refractivity (Wildman–Crippen MR) is 99.5 cm³/mol. The summed E-state index contributed by atoms with van der Waals surface area (Å²) in [5.74, 6) is 0.641. The Kier molecular flexibility index (Phi) is 5.64. The number of para-hydroxylation sites is 1. The fraction of sp³-hybridized carbons (Fsp3) is 0.0909. The van der Waals surface area contributed by atoms with Gasteiger partial charge in [0.2, 0.25) is 0 Å². The second kappa shape index (κ2) is 8.50. The van der Waals surface area contributed by atoms with Gasteiger partial charge in [0, 0.05) is 12.1 Å². The molecule has 3 aromatic rings. The van der Waals surface area contributed by atoms with E-state index in [9.17, 15) is 4.79 Å². The third-order valence-corrected chi connectivity index (χ3v) is 3.88. The normalized spacial score (nSPS) is 9.96. The zero-order valence-electron chi connectivity index (χ0n) is 14.2. The standard InChI is InChI=1S/C22H18N2O2/c23-14-19-5-4-6-20(13-19)22(25)24-15-17-9-11-18(12-10-17)16-26-21-7-2-1-3-8-21/h1-13H,15-16H2,(H,24,25). The van der Waals surface area contributed by atoms with Gasteiger partial charge in [0.05, 0.1) is 11.6 Å². The molecule has 4 heteroatoms. The number of hydrogen-bond acceptors (Lipinski definition) is 3. The summed E-state index contributed by atoms with van der Waals surface area (Å²) in [6, 6.07) is 26.3. The number of carbonyl (C=O) groups is 1. The largest absolute Gasteiger partial charge is 0.489 e. The molecule has 4 nitrogen and oxygen atoms in total. The van der Waals surface area contributed by atoms with Crippen molar-refractivity contribution < 1.29 is 9.53 Å². The molecular weight excluding hydrogens is 324 g/mol. The van der Waals surface area contributed by atoms with Gasteiger partial charge in [-0.1, -0.05) is 48.5 Å². The smallest absolute Gasteiger partial charge is 0.251 e. The van der Waals surface area contributed by atoms with Crippen LogP contribution in [0.1, 0.15) is 27.0 Å². The second-order valence-electron chi connectivity index (χ2n) is 5.79. The van der Waals surface area contributed by atoms with Crippen molar-refractivity contribution in [3.8, 4) is 11.8 Å². The molecule has 0 unspecified atom stereocenters. The summed E-state index contributed by atoms with van der Waals surface area (Å²) in [6.07, 6.45) is 0. The molecule has 0 aliphatic carbocycles. The van der Waals surface area contributed by atoms with Crippen molar-refractivity contribution in [3.63, 3.8) is 0 Å². The molecule has 0 saturated heterocycles. The molecule has 128 valence electrons. The molecule has 0 aliphatic heterocycles. The average Bonchev–Trinajstić information content (AvgIpc) is 2.72. The molecule has 1 amide bonds. The van der Waals surface area contributed by atoms with Crippen LogP contribution in [0.3, 0.4) is 0 Å². The lowest BCUT2D eigenvalue weighted by atomic mass is 10.1. The van der Waals surface area contributed by atoms with Gasteiger partial charge in [-0.2, -0.15) is 5.26 Å². The maximum absolute atomic E-state index is 12.2. The Morgan fingerprint density at radius 2 is 1.65 bits per heavy atom. The summed E-state index contributed by atoms with van der Waals surface area (Å²) in [6.45, 7) is 0.924. The Balaban J connectivity index is 1.52. The van der Waals surface area contributed by atoms with Crippen molar-refractivity contribution in [2.75, 3.05) is 0 Å². The van der Waals surface area contributed by atoms with Crippen molar-refractivity contribution in [1.82, 2.24) is 5.32 Å². The van der Waals surface area contributed by atoms with E-state index in [1.54, 1.807) is 24.3 Å². The van der Waals surface area contributed by atoms with E-state index in [-0.39, 0.29) is 5.91 Å². The number of nitriles is 1. The number of amides is 1. The van der Waals surface area contributed by atoms with Crippen molar-refractivity contribution >= 4 is 5.91 Å². The Labute approximate surface area is 152 Å². The second-order valence-corrected chi connectivity index (χ2v) is 5.79. The van der Waals surface area contributed by atoms with Gasteiger partial charge in [-0.15, -0.1) is 0 Å². The Morgan fingerprint density at radius 1 is 0.923 bits per heavy atom. The van der Waals surface area contributed by atoms with Crippen LogP contribution < -0.4 is 10.1 Å². The van der Waals surface area contributed by atoms with E-state index < -0.39 is 0 Å². The van der Waals surface area contributed by atoms with Crippen LogP contribution in [-0.2, 0) is 13.2 Å². The lowest BCUT2D eigenvalue weighted by Gasteiger charge is -2.08. The number of nitrogens with zero attached hydrogens (tertiary/aromatic N) is 1. The number of benzene rings is 3. The van der Waals surface area contributed by atoms with Gasteiger partial charge in [-0.05, 0) is 41.5 Å². The fourth-order valence-electron chi connectivity index (χ4n) is 2.45. The zero-order valence-corrected chi connectivity index (χ0v) is 14.2. The Hall–Kier alpha value is -3.58. The molecule has 0 radical (unpaired) electrons. The van der Waals surface area contributed by atoms with E-state index in [0.717, 1.165) is 16.9 Å². The SMILES string of the molecule is N#Cc1cccc(C(=O)NCc2ccc(COc3ccccc3)cc2)c1. The average molecular weight is 342 g/mol. The Bertz CT molecular complexity index is 913. The predicted octanol–water partition coefficient (Wildman–Crippen LogP) is 4.07. The van der Waals surface area contributed by atoms with Gasteiger partial charge < -0.3 is 10.1 Å². The van der Waals surface area contributed by atoms with Gasteiger partial charge >= 0.3 is 0 Å². The summed E-state index contributed by atoms with van der Waals surface area (Å²) in [5.41, 5.74) is 3.02. The minimum atomic E-state index is -0.196. The molecule has 1 N–H and O–H groups in total. The monoisotopic (exact) mass is 342 g/mol. The lowest BCUT2D eigenvalue weighted by molar-refractivity contribution is 0.0951. The topological polar surface area (TPSA) is 62.1 Å². The summed E-state index contributed by atoms with van der Waals surface area (Å²) in [4.78, 5) is 12.2. The maximum atomic E-state index is 12.2. The van der Waals surface area contributed by atoms with Crippen LogP contribution in [0.5, 0.6) is 5.75 Å². The minimum Gasteiger partial charge on any atom is -0.489 e. The summed E-state index contributed by atoms with van der Waals surface area (Å²) < 4.78 is 5.71.